The average Bonchev–Trinajstić information content (AvgIpc) is 2.90. The van der Waals surface area contributed by atoms with Crippen LogP contribution in [0.2, 0.25) is 0 Å². The third-order valence-corrected chi connectivity index (χ3v) is 4.17. The summed E-state index contributed by atoms with van der Waals surface area (Å²) in [5, 5.41) is 2.09. The second kappa shape index (κ2) is 6.97. The van der Waals surface area contributed by atoms with E-state index in [1.807, 2.05) is 6.07 Å². The Balaban J connectivity index is 2.13. The SMILES string of the molecule is CC(C)N(Cc1cc(F)cc(CN)c1)Cc1cccs1. The Bertz CT molecular complexity index is 537. The molecular weight excluding hydrogens is 271 g/mol. The summed E-state index contributed by atoms with van der Waals surface area (Å²) in [6, 6.07) is 9.70. The second-order valence-electron chi connectivity index (χ2n) is 5.25. The molecule has 0 saturated heterocycles. The van der Waals surface area contributed by atoms with Crippen LogP contribution in [0, 0.1) is 5.82 Å². The van der Waals surface area contributed by atoms with Crippen LogP contribution in [0.15, 0.2) is 35.7 Å². The van der Waals surface area contributed by atoms with Crippen molar-refractivity contribution in [3.63, 3.8) is 0 Å². The predicted octanol–water partition coefficient (Wildman–Crippen LogP) is 3.76. The van der Waals surface area contributed by atoms with E-state index in [2.05, 4.69) is 36.3 Å². The van der Waals surface area contributed by atoms with Gasteiger partial charge in [0.05, 0.1) is 0 Å². The number of rotatable bonds is 6. The topological polar surface area (TPSA) is 29.3 Å². The van der Waals surface area contributed by atoms with E-state index in [-0.39, 0.29) is 5.82 Å². The maximum absolute atomic E-state index is 13.6. The van der Waals surface area contributed by atoms with Crippen LogP contribution >= 0.6 is 11.3 Å². The summed E-state index contributed by atoms with van der Waals surface area (Å²) < 4.78 is 13.6. The Morgan fingerprint density at radius 1 is 1.20 bits per heavy atom. The Labute approximate surface area is 124 Å². The van der Waals surface area contributed by atoms with Crippen LogP contribution in [-0.2, 0) is 19.6 Å². The zero-order valence-corrected chi connectivity index (χ0v) is 12.8. The Morgan fingerprint density at radius 3 is 2.55 bits per heavy atom. The third-order valence-electron chi connectivity index (χ3n) is 3.31. The van der Waals surface area contributed by atoms with Crippen molar-refractivity contribution in [3.8, 4) is 0 Å². The largest absolute Gasteiger partial charge is 0.326 e. The van der Waals surface area contributed by atoms with Gasteiger partial charge < -0.3 is 5.73 Å². The molecular formula is C16H21FN2S. The molecule has 0 spiro atoms. The molecule has 108 valence electrons. The molecule has 2 aromatic rings. The van der Waals surface area contributed by atoms with Crippen molar-refractivity contribution in [1.82, 2.24) is 4.90 Å². The Morgan fingerprint density at radius 2 is 1.95 bits per heavy atom. The van der Waals surface area contributed by atoms with Crippen LogP contribution in [0.1, 0.15) is 29.9 Å². The van der Waals surface area contributed by atoms with Crippen molar-refractivity contribution in [1.29, 1.82) is 0 Å². The van der Waals surface area contributed by atoms with E-state index < -0.39 is 0 Å². The lowest BCUT2D eigenvalue weighted by Crippen LogP contribution is -2.29. The molecule has 20 heavy (non-hydrogen) atoms. The molecule has 1 heterocycles. The number of thiophene rings is 1. The van der Waals surface area contributed by atoms with Crippen LogP contribution in [0.4, 0.5) is 4.39 Å². The van der Waals surface area contributed by atoms with Crippen molar-refractivity contribution >= 4 is 11.3 Å². The fraction of sp³-hybridized carbons (Fsp3) is 0.375. The molecule has 0 unspecified atom stereocenters. The van der Waals surface area contributed by atoms with Crippen molar-refractivity contribution in [2.75, 3.05) is 0 Å². The fourth-order valence-electron chi connectivity index (χ4n) is 2.18. The van der Waals surface area contributed by atoms with E-state index in [0.717, 1.165) is 24.2 Å². The van der Waals surface area contributed by atoms with Crippen molar-refractivity contribution in [3.05, 3.63) is 57.5 Å². The number of benzene rings is 1. The molecule has 0 atom stereocenters. The Kier molecular flexibility index (Phi) is 5.29. The molecule has 0 bridgehead atoms. The minimum absolute atomic E-state index is 0.206. The van der Waals surface area contributed by atoms with Gasteiger partial charge in [0, 0.05) is 30.6 Å². The minimum atomic E-state index is -0.206. The van der Waals surface area contributed by atoms with Crippen LogP contribution in [0.5, 0.6) is 0 Å². The average molecular weight is 292 g/mol. The predicted molar refractivity (Wildman–Crippen MR) is 83.0 cm³/mol. The zero-order chi connectivity index (χ0) is 14.5. The molecule has 2 N–H and O–H groups in total. The van der Waals surface area contributed by atoms with Gasteiger partial charge in [-0.2, -0.15) is 0 Å². The van der Waals surface area contributed by atoms with E-state index in [0.29, 0.717) is 12.6 Å². The molecule has 1 aromatic heterocycles. The quantitative estimate of drug-likeness (QED) is 0.878. The highest BCUT2D eigenvalue weighted by molar-refractivity contribution is 7.09. The number of nitrogens with zero attached hydrogens (tertiary/aromatic N) is 1. The molecule has 0 aliphatic heterocycles. The lowest BCUT2D eigenvalue weighted by molar-refractivity contribution is 0.205. The molecule has 0 aliphatic rings. The van der Waals surface area contributed by atoms with Crippen molar-refractivity contribution < 1.29 is 4.39 Å². The van der Waals surface area contributed by atoms with Crippen molar-refractivity contribution in [2.24, 2.45) is 5.73 Å². The summed E-state index contributed by atoms with van der Waals surface area (Å²) in [4.78, 5) is 3.66. The van der Waals surface area contributed by atoms with Gasteiger partial charge in [0.1, 0.15) is 5.82 Å². The Hall–Kier alpha value is -1.23. The van der Waals surface area contributed by atoms with Gasteiger partial charge in [0.15, 0.2) is 0 Å². The third kappa shape index (κ3) is 4.13. The molecule has 2 nitrogen and oxygen atoms in total. The van der Waals surface area contributed by atoms with Crippen LogP contribution in [0.25, 0.3) is 0 Å². The van der Waals surface area contributed by atoms with E-state index in [4.69, 9.17) is 5.73 Å². The lowest BCUT2D eigenvalue weighted by Gasteiger charge is -2.26. The number of hydrogen-bond donors (Lipinski definition) is 1. The number of hydrogen-bond acceptors (Lipinski definition) is 3. The van der Waals surface area contributed by atoms with Gasteiger partial charge in [0.25, 0.3) is 0 Å². The van der Waals surface area contributed by atoms with E-state index in [9.17, 15) is 4.39 Å². The standard InChI is InChI=1S/C16H21FN2S/c1-12(2)19(11-16-4-3-5-20-16)10-14-6-13(9-18)7-15(17)8-14/h3-8,12H,9-11,18H2,1-2H3. The highest BCUT2D eigenvalue weighted by Gasteiger charge is 2.12. The normalized spacial score (nSPS) is 11.5. The summed E-state index contributed by atoms with van der Waals surface area (Å²) in [5.41, 5.74) is 7.44. The van der Waals surface area contributed by atoms with Gasteiger partial charge in [-0.25, -0.2) is 4.39 Å². The summed E-state index contributed by atoms with van der Waals surface area (Å²) in [6.45, 7) is 6.33. The molecule has 4 heteroatoms. The van der Waals surface area contributed by atoms with Gasteiger partial charge in [-0.3, -0.25) is 4.90 Å². The van der Waals surface area contributed by atoms with Gasteiger partial charge in [-0.1, -0.05) is 12.1 Å². The molecule has 2 rings (SSSR count). The molecule has 0 fully saturated rings. The first-order chi connectivity index (χ1) is 9.58. The number of halogens is 1. The monoisotopic (exact) mass is 292 g/mol. The smallest absolute Gasteiger partial charge is 0.123 e. The van der Waals surface area contributed by atoms with Gasteiger partial charge >= 0.3 is 0 Å². The van der Waals surface area contributed by atoms with Crippen LogP contribution in [-0.4, -0.2) is 10.9 Å². The van der Waals surface area contributed by atoms with E-state index in [1.165, 1.54) is 10.9 Å². The lowest BCUT2D eigenvalue weighted by atomic mass is 10.1. The van der Waals surface area contributed by atoms with Crippen molar-refractivity contribution in [2.45, 2.75) is 39.5 Å². The first-order valence-corrected chi connectivity index (χ1v) is 7.71. The van der Waals surface area contributed by atoms with E-state index >= 15 is 0 Å². The highest BCUT2D eigenvalue weighted by atomic mass is 32.1. The molecule has 0 saturated carbocycles. The summed E-state index contributed by atoms with van der Waals surface area (Å²) in [5.74, 6) is -0.206. The molecule has 0 amide bonds. The van der Waals surface area contributed by atoms with Gasteiger partial charge in [-0.15, -0.1) is 11.3 Å². The zero-order valence-electron chi connectivity index (χ0n) is 12.0. The first kappa shape index (κ1) is 15.2. The second-order valence-corrected chi connectivity index (χ2v) is 6.28. The van der Waals surface area contributed by atoms with Crippen LogP contribution < -0.4 is 5.73 Å². The number of nitrogens with two attached hydrogens (primary N) is 1. The van der Waals surface area contributed by atoms with E-state index in [1.54, 1.807) is 17.4 Å². The van der Waals surface area contributed by atoms with Crippen LogP contribution in [0.3, 0.4) is 0 Å². The summed E-state index contributed by atoms with van der Waals surface area (Å²) >= 11 is 1.75. The maximum atomic E-state index is 13.6. The summed E-state index contributed by atoms with van der Waals surface area (Å²) in [7, 11) is 0. The minimum Gasteiger partial charge on any atom is -0.326 e. The fourth-order valence-corrected chi connectivity index (χ4v) is 2.91. The van der Waals surface area contributed by atoms with Gasteiger partial charge in [0.2, 0.25) is 0 Å². The van der Waals surface area contributed by atoms with Gasteiger partial charge in [-0.05, 0) is 48.6 Å². The molecule has 1 aromatic carbocycles. The highest BCUT2D eigenvalue weighted by Crippen LogP contribution is 2.18. The molecule has 0 radical (unpaired) electrons. The summed E-state index contributed by atoms with van der Waals surface area (Å²) in [6.07, 6.45) is 0. The maximum Gasteiger partial charge on any atom is 0.123 e. The molecule has 0 aliphatic carbocycles. The first-order valence-electron chi connectivity index (χ1n) is 6.83.